The van der Waals surface area contributed by atoms with Gasteiger partial charge in [-0.15, -0.1) is 0 Å². The number of carboxylic acid groups (broad SMARTS) is 1. The molecule has 0 radical (unpaired) electrons. The van der Waals surface area contributed by atoms with Crippen molar-refractivity contribution in [2.75, 3.05) is 13.1 Å². The molecule has 2 aliphatic rings. The standard InChI is InChI=1S/C13H22N2O3/c1-2-11(12(16)17)14-13(18)15(7-9-3-4-9)8-10-5-6-10/h9-11H,2-8H2,1H3,(H,14,18)(H,16,17)/t11-/m0/s1. The van der Waals surface area contributed by atoms with Gasteiger partial charge in [0, 0.05) is 13.1 Å². The Labute approximate surface area is 108 Å². The van der Waals surface area contributed by atoms with E-state index in [1.54, 1.807) is 6.92 Å². The summed E-state index contributed by atoms with van der Waals surface area (Å²) < 4.78 is 0. The number of hydrogen-bond donors (Lipinski definition) is 2. The third-order valence-electron chi connectivity index (χ3n) is 3.64. The van der Waals surface area contributed by atoms with Gasteiger partial charge in [-0.1, -0.05) is 6.92 Å². The van der Waals surface area contributed by atoms with Crippen LogP contribution in [0.4, 0.5) is 4.79 Å². The number of aliphatic carboxylic acids is 1. The van der Waals surface area contributed by atoms with Crippen molar-refractivity contribution in [3.05, 3.63) is 0 Å². The third-order valence-corrected chi connectivity index (χ3v) is 3.64. The van der Waals surface area contributed by atoms with E-state index in [0.29, 0.717) is 18.3 Å². The van der Waals surface area contributed by atoms with Gasteiger partial charge < -0.3 is 15.3 Å². The van der Waals surface area contributed by atoms with E-state index in [9.17, 15) is 9.59 Å². The number of amides is 2. The van der Waals surface area contributed by atoms with Crippen LogP contribution in [0.25, 0.3) is 0 Å². The van der Waals surface area contributed by atoms with Crippen molar-refractivity contribution in [3.63, 3.8) is 0 Å². The molecular weight excluding hydrogens is 232 g/mol. The quantitative estimate of drug-likeness (QED) is 0.726. The maximum Gasteiger partial charge on any atom is 0.326 e. The van der Waals surface area contributed by atoms with Gasteiger partial charge >= 0.3 is 12.0 Å². The molecule has 0 bridgehead atoms. The predicted molar refractivity (Wildman–Crippen MR) is 67.3 cm³/mol. The van der Waals surface area contributed by atoms with Crippen molar-refractivity contribution < 1.29 is 14.7 Å². The number of nitrogens with zero attached hydrogens (tertiary/aromatic N) is 1. The normalized spacial score (nSPS) is 20.3. The Hall–Kier alpha value is -1.26. The lowest BCUT2D eigenvalue weighted by Gasteiger charge is -2.25. The van der Waals surface area contributed by atoms with Gasteiger partial charge in [-0.05, 0) is 43.9 Å². The second kappa shape index (κ2) is 5.59. The van der Waals surface area contributed by atoms with Crippen LogP contribution in [0.3, 0.4) is 0 Å². The van der Waals surface area contributed by atoms with Crippen LogP contribution in [-0.4, -0.2) is 41.1 Å². The van der Waals surface area contributed by atoms with E-state index in [2.05, 4.69) is 5.32 Å². The molecule has 102 valence electrons. The summed E-state index contributed by atoms with van der Waals surface area (Å²) in [5.41, 5.74) is 0. The van der Waals surface area contributed by atoms with Gasteiger partial charge in [0.05, 0.1) is 0 Å². The monoisotopic (exact) mass is 254 g/mol. The first-order valence-corrected chi connectivity index (χ1v) is 6.88. The Bertz CT molecular complexity index is 310. The minimum Gasteiger partial charge on any atom is -0.480 e. The second-order valence-corrected chi connectivity index (χ2v) is 5.54. The molecule has 5 heteroatoms. The number of carbonyl (C=O) groups is 2. The van der Waals surface area contributed by atoms with Crippen LogP contribution in [0.5, 0.6) is 0 Å². The van der Waals surface area contributed by atoms with Gasteiger partial charge in [-0.3, -0.25) is 0 Å². The first-order valence-electron chi connectivity index (χ1n) is 6.88. The number of nitrogens with one attached hydrogen (secondary N) is 1. The fourth-order valence-electron chi connectivity index (χ4n) is 2.04. The third kappa shape index (κ3) is 3.89. The molecule has 2 saturated carbocycles. The number of rotatable bonds is 7. The highest BCUT2D eigenvalue weighted by atomic mass is 16.4. The maximum atomic E-state index is 12.1. The van der Waals surface area contributed by atoms with E-state index in [4.69, 9.17) is 5.11 Å². The largest absolute Gasteiger partial charge is 0.480 e. The lowest BCUT2D eigenvalue weighted by molar-refractivity contribution is -0.139. The Balaban J connectivity index is 1.86. The lowest BCUT2D eigenvalue weighted by Crippen LogP contribution is -2.48. The summed E-state index contributed by atoms with van der Waals surface area (Å²) in [6, 6.07) is -0.971. The van der Waals surface area contributed by atoms with Crippen molar-refractivity contribution in [3.8, 4) is 0 Å². The second-order valence-electron chi connectivity index (χ2n) is 5.54. The molecule has 0 aromatic heterocycles. The minimum atomic E-state index is -0.955. The molecule has 18 heavy (non-hydrogen) atoms. The summed E-state index contributed by atoms with van der Waals surface area (Å²) in [5.74, 6) is 0.322. The zero-order chi connectivity index (χ0) is 13.1. The molecule has 0 heterocycles. The van der Waals surface area contributed by atoms with Crippen LogP contribution < -0.4 is 5.32 Å². The molecule has 1 atom stereocenters. The zero-order valence-corrected chi connectivity index (χ0v) is 10.9. The molecule has 2 N–H and O–H groups in total. The lowest BCUT2D eigenvalue weighted by atomic mass is 10.2. The van der Waals surface area contributed by atoms with Gasteiger partial charge in [-0.25, -0.2) is 9.59 Å². The van der Waals surface area contributed by atoms with Crippen molar-refractivity contribution in [1.82, 2.24) is 10.2 Å². The predicted octanol–water partition coefficient (Wildman–Crippen LogP) is 1.68. The van der Waals surface area contributed by atoms with Gasteiger partial charge in [-0.2, -0.15) is 0 Å². The first kappa shape index (κ1) is 13.2. The molecule has 0 saturated heterocycles. The minimum absolute atomic E-state index is 0.206. The maximum absolute atomic E-state index is 12.1. The molecule has 2 fully saturated rings. The molecule has 0 aliphatic heterocycles. The molecule has 0 aromatic carbocycles. The van der Waals surface area contributed by atoms with E-state index in [1.807, 2.05) is 4.90 Å². The molecule has 2 rings (SSSR count). The van der Waals surface area contributed by atoms with Gasteiger partial charge in [0.25, 0.3) is 0 Å². The average molecular weight is 254 g/mol. The number of carbonyl (C=O) groups excluding carboxylic acids is 1. The van der Waals surface area contributed by atoms with Crippen molar-refractivity contribution >= 4 is 12.0 Å². The highest BCUT2D eigenvalue weighted by Gasteiger charge is 2.32. The molecule has 2 aliphatic carbocycles. The number of urea groups is 1. The zero-order valence-electron chi connectivity index (χ0n) is 10.9. The summed E-state index contributed by atoms with van der Waals surface area (Å²) in [6.07, 6.45) is 5.21. The topological polar surface area (TPSA) is 69.6 Å². The van der Waals surface area contributed by atoms with Crippen LogP contribution >= 0.6 is 0 Å². The fourth-order valence-corrected chi connectivity index (χ4v) is 2.04. The van der Waals surface area contributed by atoms with E-state index >= 15 is 0 Å². The van der Waals surface area contributed by atoms with E-state index in [-0.39, 0.29) is 6.03 Å². The van der Waals surface area contributed by atoms with Crippen LogP contribution in [0.2, 0.25) is 0 Å². The van der Waals surface area contributed by atoms with Crippen LogP contribution in [-0.2, 0) is 4.79 Å². The van der Waals surface area contributed by atoms with Crippen LogP contribution in [0.1, 0.15) is 39.0 Å². The highest BCUT2D eigenvalue weighted by Crippen LogP contribution is 2.33. The van der Waals surface area contributed by atoms with Crippen molar-refractivity contribution in [1.29, 1.82) is 0 Å². The summed E-state index contributed by atoms with van der Waals surface area (Å²) in [6.45, 7) is 3.35. The van der Waals surface area contributed by atoms with Gasteiger partial charge in [0.2, 0.25) is 0 Å². The molecule has 2 amide bonds. The van der Waals surface area contributed by atoms with Gasteiger partial charge in [0.15, 0.2) is 0 Å². The molecule has 0 spiro atoms. The average Bonchev–Trinajstić information content (AvgIpc) is 3.18. The Morgan fingerprint density at radius 1 is 1.22 bits per heavy atom. The van der Waals surface area contributed by atoms with Crippen molar-refractivity contribution in [2.45, 2.75) is 45.1 Å². The van der Waals surface area contributed by atoms with Crippen LogP contribution in [0.15, 0.2) is 0 Å². The smallest absolute Gasteiger partial charge is 0.326 e. The highest BCUT2D eigenvalue weighted by molar-refractivity contribution is 5.82. The molecular formula is C13H22N2O3. The van der Waals surface area contributed by atoms with E-state index in [1.165, 1.54) is 25.7 Å². The molecule has 0 unspecified atom stereocenters. The fraction of sp³-hybridized carbons (Fsp3) is 0.846. The summed E-state index contributed by atoms with van der Waals surface area (Å²) in [7, 11) is 0. The SMILES string of the molecule is CC[C@H](NC(=O)N(CC1CC1)CC1CC1)C(=O)O. The van der Waals surface area contributed by atoms with E-state index in [0.717, 1.165) is 13.1 Å². The number of hydrogen-bond acceptors (Lipinski definition) is 2. The van der Waals surface area contributed by atoms with Crippen LogP contribution in [0, 0.1) is 11.8 Å². The summed E-state index contributed by atoms with van der Waals surface area (Å²) >= 11 is 0. The Kier molecular flexibility index (Phi) is 4.09. The number of carboxylic acids is 1. The summed E-state index contributed by atoms with van der Waals surface area (Å²) in [5, 5.41) is 11.6. The Morgan fingerprint density at radius 3 is 2.06 bits per heavy atom. The van der Waals surface area contributed by atoms with Crippen molar-refractivity contribution in [2.24, 2.45) is 11.8 Å². The first-order chi connectivity index (χ1) is 8.60. The molecule has 5 nitrogen and oxygen atoms in total. The molecule has 0 aromatic rings. The Morgan fingerprint density at radius 2 is 1.72 bits per heavy atom. The van der Waals surface area contributed by atoms with Gasteiger partial charge in [0.1, 0.15) is 6.04 Å². The summed E-state index contributed by atoms with van der Waals surface area (Å²) in [4.78, 5) is 24.8. The van der Waals surface area contributed by atoms with E-state index < -0.39 is 12.0 Å².